The van der Waals surface area contributed by atoms with Crippen LogP contribution in [0.1, 0.15) is 78.7 Å². The van der Waals surface area contributed by atoms with Crippen molar-refractivity contribution in [3.05, 3.63) is 23.8 Å². The maximum absolute atomic E-state index is 12.8. The first-order chi connectivity index (χ1) is 13.0. The van der Waals surface area contributed by atoms with Crippen molar-refractivity contribution in [3.63, 3.8) is 0 Å². The van der Waals surface area contributed by atoms with Gasteiger partial charge in [0.25, 0.3) is 0 Å². The molecule has 2 N–H and O–H groups in total. The first kappa shape index (κ1) is 19.4. The van der Waals surface area contributed by atoms with Crippen LogP contribution in [0.3, 0.4) is 0 Å². The number of carbonyl (C=O) groups excluding carboxylic acids is 1. The maximum Gasteiger partial charge on any atom is 0.227 e. The maximum atomic E-state index is 12.8. The van der Waals surface area contributed by atoms with Gasteiger partial charge in [0.15, 0.2) is 0 Å². The van der Waals surface area contributed by atoms with Gasteiger partial charge in [-0.15, -0.1) is 0 Å². The number of aliphatic hydroxyl groups is 1. The summed E-state index contributed by atoms with van der Waals surface area (Å²) in [4.78, 5) is 17.6. The third-order valence-electron chi connectivity index (χ3n) is 6.88. The van der Waals surface area contributed by atoms with E-state index in [0.717, 1.165) is 29.4 Å². The van der Waals surface area contributed by atoms with Gasteiger partial charge >= 0.3 is 0 Å². The van der Waals surface area contributed by atoms with Crippen molar-refractivity contribution in [2.45, 2.75) is 84.3 Å². The number of anilines is 1. The Labute approximate surface area is 167 Å². The zero-order chi connectivity index (χ0) is 20.3. The Kier molecular flexibility index (Phi) is 4.38. The molecule has 0 aliphatic heterocycles. The minimum atomic E-state index is -0.915. The van der Waals surface area contributed by atoms with Gasteiger partial charge in [0, 0.05) is 12.0 Å². The topological polar surface area (TPSA) is 67.2 Å². The Hall–Kier alpha value is -1.88. The van der Waals surface area contributed by atoms with E-state index in [1.165, 1.54) is 19.3 Å². The van der Waals surface area contributed by atoms with Crippen molar-refractivity contribution in [1.29, 1.82) is 0 Å². The van der Waals surface area contributed by atoms with Gasteiger partial charge in [0.2, 0.25) is 11.9 Å². The zero-order valence-corrected chi connectivity index (χ0v) is 17.8. The molecule has 0 bridgehead atoms. The fourth-order valence-electron chi connectivity index (χ4n) is 4.59. The highest BCUT2D eigenvalue weighted by Crippen LogP contribution is 2.47. The normalized spacial score (nSPS) is 19.5. The van der Waals surface area contributed by atoms with E-state index in [1.54, 1.807) is 13.8 Å². The summed E-state index contributed by atoms with van der Waals surface area (Å²) in [6.45, 7) is 10.2. The van der Waals surface area contributed by atoms with Gasteiger partial charge in [-0.2, -0.15) is 0 Å². The van der Waals surface area contributed by atoms with Crippen LogP contribution in [0, 0.1) is 11.3 Å². The van der Waals surface area contributed by atoms with Crippen LogP contribution in [-0.4, -0.2) is 20.6 Å². The number of benzene rings is 1. The second kappa shape index (κ2) is 6.31. The molecule has 0 spiro atoms. The minimum absolute atomic E-state index is 0.0371. The number of rotatable bonds is 6. The van der Waals surface area contributed by atoms with E-state index >= 15 is 0 Å². The summed E-state index contributed by atoms with van der Waals surface area (Å²) < 4.78 is 2.20. The van der Waals surface area contributed by atoms with E-state index in [4.69, 9.17) is 4.98 Å². The van der Waals surface area contributed by atoms with Gasteiger partial charge in [0.1, 0.15) is 0 Å². The summed E-state index contributed by atoms with van der Waals surface area (Å²) in [6.07, 6.45) is 6.31. The Balaban J connectivity index is 1.71. The summed E-state index contributed by atoms with van der Waals surface area (Å²) in [6, 6.07) is 5.89. The molecule has 4 rings (SSSR count). The zero-order valence-electron chi connectivity index (χ0n) is 17.8. The number of hydrogen-bond acceptors (Lipinski definition) is 3. The number of imidazole rings is 1. The van der Waals surface area contributed by atoms with E-state index in [9.17, 15) is 9.90 Å². The van der Waals surface area contributed by atoms with E-state index in [2.05, 4.69) is 30.7 Å². The van der Waals surface area contributed by atoms with E-state index in [1.807, 2.05) is 18.2 Å². The third kappa shape index (κ3) is 3.45. The molecule has 28 heavy (non-hydrogen) atoms. The summed E-state index contributed by atoms with van der Waals surface area (Å²) in [7, 11) is 0. The van der Waals surface area contributed by atoms with E-state index in [-0.39, 0.29) is 16.9 Å². The first-order valence-electron chi connectivity index (χ1n) is 10.6. The second-order valence-electron chi connectivity index (χ2n) is 10.4. The molecule has 1 aromatic carbocycles. The first-order valence-corrected chi connectivity index (χ1v) is 10.6. The molecule has 2 aromatic rings. The molecule has 2 fully saturated rings. The number of amides is 1. The highest BCUT2D eigenvalue weighted by Gasteiger charge is 2.40. The molecule has 2 aliphatic rings. The number of aromatic nitrogens is 2. The lowest BCUT2D eigenvalue weighted by molar-refractivity contribution is -0.118. The standard InChI is InChI=1S/C23H33N3O2/c1-21(2,15-7-8-15)14-19(27)25-20-24-17-10-9-16(22(3,4)28)13-18(17)26(20)23(5)11-6-12-23/h9-10,13,15,28H,6-8,11-12,14H2,1-5H3,(H,24,25,27). The minimum Gasteiger partial charge on any atom is -0.386 e. The van der Waals surface area contributed by atoms with Crippen LogP contribution in [-0.2, 0) is 15.9 Å². The Morgan fingerprint density at radius 3 is 2.50 bits per heavy atom. The average Bonchev–Trinajstić information content (AvgIpc) is 3.34. The van der Waals surface area contributed by atoms with Crippen molar-refractivity contribution in [1.82, 2.24) is 9.55 Å². The number of nitrogens with zero attached hydrogens (tertiary/aromatic N) is 2. The van der Waals surface area contributed by atoms with Crippen LogP contribution in [0.5, 0.6) is 0 Å². The molecule has 2 aliphatic carbocycles. The monoisotopic (exact) mass is 383 g/mol. The van der Waals surface area contributed by atoms with Gasteiger partial charge in [-0.1, -0.05) is 19.9 Å². The summed E-state index contributed by atoms with van der Waals surface area (Å²) in [5.41, 5.74) is 1.78. The van der Waals surface area contributed by atoms with Crippen molar-refractivity contribution in [3.8, 4) is 0 Å². The molecule has 5 heteroatoms. The van der Waals surface area contributed by atoms with E-state index < -0.39 is 5.60 Å². The van der Waals surface area contributed by atoms with Crippen LogP contribution in [0.2, 0.25) is 0 Å². The summed E-state index contributed by atoms with van der Waals surface area (Å²) >= 11 is 0. The lowest BCUT2D eigenvalue weighted by Gasteiger charge is -2.41. The van der Waals surface area contributed by atoms with Gasteiger partial charge in [-0.25, -0.2) is 4.98 Å². The molecule has 2 saturated carbocycles. The van der Waals surface area contributed by atoms with Gasteiger partial charge < -0.3 is 9.67 Å². The second-order valence-corrected chi connectivity index (χ2v) is 10.4. The van der Waals surface area contributed by atoms with Crippen LogP contribution in [0.25, 0.3) is 11.0 Å². The lowest BCUT2D eigenvalue weighted by Crippen LogP contribution is -2.38. The van der Waals surface area contributed by atoms with Crippen LogP contribution < -0.4 is 5.32 Å². The molecule has 0 saturated heterocycles. The van der Waals surface area contributed by atoms with Gasteiger partial charge in [-0.3, -0.25) is 10.1 Å². The molecule has 1 heterocycles. The number of hydrogen-bond donors (Lipinski definition) is 2. The smallest absolute Gasteiger partial charge is 0.227 e. The van der Waals surface area contributed by atoms with Crippen molar-refractivity contribution in [2.24, 2.45) is 11.3 Å². The SMILES string of the molecule is CC(C)(O)c1ccc2nc(NC(=O)CC(C)(C)C3CC3)n(C3(C)CCC3)c2c1. The van der Waals surface area contributed by atoms with Crippen LogP contribution in [0.4, 0.5) is 5.95 Å². The van der Waals surface area contributed by atoms with Gasteiger partial charge in [-0.05, 0) is 81.9 Å². The molecule has 5 nitrogen and oxygen atoms in total. The van der Waals surface area contributed by atoms with Crippen LogP contribution in [0.15, 0.2) is 18.2 Å². The van der Waals surface area contributed by atoms with E-state index in [0.29, 0.717) is 18.3 Å². The highest BCUT2D eigenvalue weighted by molar-refractivity contribution is 5.92. The number of nitrogens with one attached hydrogen (secondary N) is 1. The third-order valence-corrected chi connectivity index (χ3v) is 6.88. The predicted octanol–water partition coefficient (Wildman–Crippen LogP) is 4.93. The Morgan fingerprint density at radius 2 is 1.96 bits per heavy atom. The largest absolute Gasteiger partial charge is 0.386 e. The van der Waals surface area contributed by atoms with Gasteiger partial charge in [0.05, 0.1) is 16.6 Å². The fourth-order valence-corrected chi connectivity index (χ4v) is 4.59. The molecule has 0 atom stereocenters. The molecule has 0 radical (unpaired) electrons. The number of fused-ring (bicyclic) bond motifs is 1. The number of carbonyl (C=O) groups is 1. The van der Waals surface area contributed by atoms with Crippen molar-refractivity contribution >= 4 is 22.9 Å². The molecule has 1 amide bonds. The highest BCUT2D eigenvalue weighted by atomic mass is 16.3. The quantitative estimate of drug-likeness (QED) is 0.743. The summed E-state index contributed by atoms with van der Waals surface area (Å²) in [5.74, 6) is 1.34. The van der Waals surface area contributed by atoms with Crippen molar-refractivity contribution in [2.75, 3.05) is 5.32 Å². The molecule has 152 valence electrons. The Morgan fingerprint density at radius 1 is 1.29 bits per heavy atom. The Bertz CT molecular complexity index is 912. The predicted molar refractivity (Wildman–Crippen MR) is 112 cm³/mol. The summed E-state index contributed by atoms with van der Waals surface area (Å²) in [5, 5.41) is 13.6. The molecule has 1 aromatic heterocycles. The van der Waals surface area contributed by atoms with Crippen molar-refractivity contribution < 1.29 is 9.90 Å². The fraction of sp³-hybridized carbons (Fsp3) is 0.652. The molecule has 0 unspecified atom stereocenters. The molecular weight excluding hydrogens is 350 g/mol. The lowest BCUT2D eigenvalue weighted by atomic mass is 9.78. The average molecular weight is 384 g/mol. The molecular formula is C23H33N3O2. The van der Waals surface area contributed by atoms with Crippen LogP contribution >= 0.6 is 0 Å².